The molecule has 1 aliphatic rings. The van der Waals surface area contributed by atoms with Crippen molar-refractivity contribution >= 4 is 33.5 Å². The summed E-state index contributed by atoms with van der Waals surface area (Å²) in [5, 5.41) is 2.25. The van der Waals surface area contributed by atoms with Gasteiger partial charge in [-0.2, -0.15) is 0 Å². The summed E-state index contributed by atoms with van der Waals surface area (Å²) >= 11 is 0. The first-order valence-electron chi connectivity index (χ1n) is 23.3. The molecule has 1 aliphatic heterocycles. The number of fused-ring (bicyclic) bond motifs is 3. The molecule has 7 heteroatoms. The quantitative estimate of drug-likeness (QED) is 0.135. The van der Waals surface area contributed by atoms with Gasteiger partial charge in [-0.25, -0.2) is 4.98 Å². The Morgan fingerprint density at radius 3 is 1.91 bits per heavy atom. The maximum absolute atomic E-state index is 7.11. The zero-order valence-electron chi connectivity index (χ0n) is 40.5. The van der Waals surface area contributed by atoms with Gasteiger partial charge in [-0.15, -0.1) is 35.4 Å². The van der Waals surface area contributed by atoms with Crippen LogP contribution in [-0.2, 0) is 26.5 Å². The summed E-state index contributed by atoms with van der Waals surface area (Å²) in [6.07, 6.45) is 3.70. The van der Waals surface area contributed by atoms with Crippen LogP contribution in [0.4, 0.5) is 5.69 Å². The molecule has 0 spiro atoms. The Morgan fingerprint density at radius 2 is 1.26 bits per heavy atom. The minimum absolute atomic E-state index is 0. The minimum Gasteiger partial charge on any atom is -0.503 e. The van der Waals surface area contributed by atoms with Gasteiger partial charge in [0.2, 0.25) is 0 Å². The Balaban J connectivity index is 0.00000578. The molecule has 6 aromatic carbocycles. The van der Waals surface area contributed by atoms with Crippen LogP contribution in [0.25, 0.3) is 38.9 Å². The van der Waals surface area contributed by atoms with Crippen molar-refractivity contribution in [1.82, 2.24) is 14.5 Å². The summed E-state index contributed by atoms with van der Waals surface area (Å²) in [4.78, 5) is 18.2. The molecule has 68 heavy (non-hydrogen) atoms. The van der Waals surface area contributed by atoms with Crippen molar-refractivity contribution in [2.45, 2.75) is 91.6 Å². The molecule has 10 rings (SSSR count). The number of rotatable bonds is 9. The third-order valence-electron chi connectivity index (χ3n) is 13.9. The fraction of sp³-hybridized carbons (Fsp3) is 0.230. The van der Waals surface area contributed by atoms with Crippen molar-refractivity contribution in [1.29, 1.82) is 0 Å². The van der Waals surface area contributed by atoms with Gasteiger partial charge in [0.25, 0.3) is 0 Å². The van der Waals surface area contributed by atoms with Gasteiger partial charge in [-0.05, 0) is 113 Å². The van der Waals surface area contributed by atoms with Crippen LogP contribution < -0.4 is 9.64 Å². The van der Waals surface area contributed by atoms with Crippen molar-refractivity contribution < 1.29 is 25.8 Å². The van der Waals surface area contributed by atoms with Crippen LogP contribution >= 0.6 is 0 Å². The van der Waals surface area contributed by atoms with E-state index in [1.165, 1.54) is 33.4 Å². The fourth-order valence-corrected chi connectivity index (χ4v) is 10.4. The van der Waals surface area contributed by atoms with E-state index >= 15 is 0 Å². The largest absolute Gasteiger partial charge is 2.00 e. The van der Waals surface area contributed by atoms with Gasteiger partial charge in [0.05, 0.1) is 28.1 Å². The van der Waals surface area contributed by atoms with E-state index in [-0.39, 0.29) is 32.4 Å². The standard InChI is InChI=1S/C61H57N5O.Pt/c1-39-26-27-54-52(32-39)51-24-19-29-63-58(51)65(54)48-36-47(59(5,6)7)37-50(38-48)67-49-34-45(53-25-17-18-28-62-53)33-46(35-49)57-64-60(8,9)61(10,66(57)56-41(3)30-40(2)31-42(56)4)55(43-20-13-11-14-21-43)44-22-15-12-16-23-44;/h11-34,36-37,55H,1-10H3;/q-2;+2/t61-;/m0./s1. The number of aryl methyl sites for hydroxylation is 4. The van der Waals surface area contributed by atoms with Gasteiger partial charge in [-0.1, -0.05) is 140 Å². The van der Waals surface area contributed by atoms with Gasteiger partial charge in [-0.3, -0.25) is 4.98 Å². The zero-order chi connectivity index (χ0) is 46.8. The predicted octanol–water partition coefficient (Wildman–Crippen LogP) is 14.8. The first-order chi connectivity index (χ1) is 32.1. The number of hydrogen-bond donors (Lipinski definition) is 0. The fourth-order valence-electron chi connectivity index (χ4n) is 10.4. The molecule has 3 aromatic heterocycles. The van der Waals surface area contributed by atoms with Crippen LogP contribution in [0.2, 0.25) is 0 Å². The zero-order valence-corrected chi connectivity index (χ0v) is 42.8. The van der Waals surface area contributed by atoms with Crippen LogP contribution in [0.15, 0.2) is 163 Å². The first-order valence-corrected chi connectivity index (χ1v) is 23.3. The molecule has 9 aromatic rings. The van der Waals surface area contributed by atoms with E-state index in [2.05, 4.69) is 206 Å². The summed E-state index contributed by atoms with van der Waals surface area (Å²) in [7, 11) is 0. The van der Waals surface area contributed by atoms with Crippen LogP contribution in [0.3, 0.4) is 0 Å². The second-order valence-corrected chi connectivity index (χ2v) is 20.0. The second kappa shape index (κ2) is 17.8. The number of pyridine rings is 2. The normalized spacial score (nSPS) is 15.8. The van der Waals surface area contributed by atoms with Gasteiger partial charge >= 0.3 is 21.1 Å². The van der Waals surface area contributed by atoms with E-state index in [1.54, 1.807) is 0 Å². The number of benzene rings is 6. The molecular formula is C61H57N5OPt. The van der Waals surface area contributed by atoms with E-state index in [0.717, 1.165) is 61.5 Å². The number of ether oxygens (including phenoxy) is 1. The first kappa shape index (κ1) is 46.5. The number of aromatic nitrogens is 3. The van der Waals surface area contributed by atoms with Crippen molar-refractivity contribution in [3.8, 4) is 28.4 Å². The summed E-state index contributed by atoms with van der Waals surface area (Å²) < 4.78 is 9.32. The average Bonchev–Trinajstić information content (AvgIpc) is 3.73. The predicted molar refractivity (Wildman–Crippen MR) is 276 cm³/mol. The molecule has 0 unspecified atom stereocenters. The van der Waals surface area contributed by atoms with E-state index in [9.17, 15) is 0 Å². The molecule has 1 atom stereocenters. The van der Waals surface area contributed by atoms with Gasteiger partial charge in [0, 0.05) is 46.3 Å². The van der Waals surface area contributed by atoms with E-state index in [1.807, 2.05) is 42.7 Å². The van der Waals surface area contributed by atoms with Crippen LogP contribution in [-0.4, -0.2) is 31.4 Å². The van der Waals surface area contributed by atoms with Crippen molar-refractivity contribution in [3.05, 3.63) is 215 Å². The Morgan fingerprint density at radius 1 is 0.618 bits per heavy atom. The minimum atomic E-state index is -0.621. The number of nitrogens with zero attached hydrogens (tertiary/aromatic N) is 5. The molecule has 0 aliphatic carbocycles. The smallest absolute Gasteiger partial charge is 0.503 e. The Hall–Kier alpha value is -6.62. The second-order valence-electron chi connectivity index (χ2n) is 20.0. The topological polar surface area (TPSA) is 55.5 Å². The third-order valence-corrected chi connectivity index (χ3v) is 13.9. The molecule has 6 nitrogen and oxygen atoms in total. The molecule has 0 fully saturated rings. The molecule has 0 bridgehead atoms. The van der Waals surface area contributed by atoms with E-state index in [0.29, 0.717) is 11.5 Å². The Labute approximate surface area is 416 Å². The number of anilines is 1. The molecule has 0 saturated carbocycles. The van der Waals surface area contributed by atoms with Crippen LogP contribution in [0.5, 0.6) is 11.5 Å². The van der Waals surface area contributed by atoms with Crippen molar-refractivity contribution in [3.63, 3.8) is 0 Å². The summed E-state index contributed by atoms with van der Waals surface area (Å²) in [6.45, 7) is 22.4. The number of hydrogen-bond acceptors (Lipinski definition) is 5. The van der Waals surface area contributed by atoms with Crippen LogP contribution in [0, 0.1) is 39.8 Å². The van der Waals surface area contributed by atoms with Crippen molar-refractivity contribution in [2.24, 2.45) is 4.99 Å². The SMILES string of the molecule is Cc1cc(C)c(N2C(c3[c-]c(Oc4[c-]c(-n5c6ccc(C)cc6c6cccnc65)cc(C(C)(C)C)c4)cc(-c4ccccn4)c3)=NC(C)(C)[C@]2(C)C(c2ccccc2)c2ccccc2)c(C)c1.[Pt+2]. The van der Waals surface area contributed by atoms with Crippen molar-refractivity contribution in [2.75, 3.05) is 4.90 Å². The number of amidine groups is 1. The van der Waals surface area contributed by atoms with Gasteiger partial charge < -0.3 is 19.2 Å². The maximum atomic E-state index is 7.11. The molecule has 0 N–H and O–H groups in total. The van der Waals surface area contributed by atoms with Crippen LogP contribution in [0.1, 0.15) is 92.0 Å². The molecular weight excluding hydrogens is 1010 g/mol. The van der Waals surface area contributed by atoms with E-state index in [4.69, 9.17) is 19.7 Å². The Kier molecular flexibility index (Phi) is 12.2. The van der Waals surface area contributed by atoms with Gasteiger partial charge in [0.15, 0.2) is 0 Å². The molecule has 0 radical (unpaired) electrons. The maximum Gasteiger partial charge on any atom is 2.00 e. The molecule has 0 amide bonds. The monoisotopic (exact) mass is 1070 g/mol. The van der Waals surface area contributed by atoms with E-state index < -0.39 is 11.1 Å². The Bertz CT molecular complexity index is 3290. The molecule has 4 heterocycles. The third kappa shape index (κ3) is 8.17. The van der Waals surface area contributed by atoms with Gasteiger partial charge in [0.1, 0.15) is 5.65 Å². The summed E-state index contributed by atoms with van der Waals surface area (Å²) in [5.74, 6) is 1.86. The average molecular weight is 1070 g/mol. The summed E-state index contributed by atoms with van der Waals surface area (Å²) in [5.41, 5.74) is 13.4. The summed E-state index contributed by atoms with van der Waals surface area (Å²) in [6, 6.07) is 59.2. The molecule has 342 valence electrons. The molecule has 0 saturated heterocycles. The number of aliphatic imine (C=N–C) groups is 1.